The van der Waals surface area contributed by atoms with Crippen LogP contribution in [0.4, 0.5) is 0 Å². The molecule has 0 aromatic rings. The van der Waals surface area contributed by atoms with E-state index in [9.17, 15) is 0 Å². The fraction of sp³-hybridized carbons (Fsp3) is 0. The second-order valence-electron chi connectivity index (χ2n) is 0. The van der Waals surface area contributed by atoms with Crippen molar-refractivity contribution < 1.29 is 27.3 Å². The maximum Gasteiger partial charge on any atom is 0.187 e. The molecule has 0 spiro atoms. The van der Waals surface area contributed by atoms with E-state index in [1.165, 1.54) is 33.2 Å². The molecule has 0 aliphatic carbocycles. The van der Waals surface area contributed by atoms with Crippen molar-refractivity contribution in [3.05, 3.63) is 0 Å². The van der Waals surface area contributed by atoms with Gasteiger partial charge in [-0.15, -0.1) is 0 Å². The molecule has 4 heavy (non-hydrogen) atoms. The molecule has 0 unspecified atom stereocenters. The van der Waals surface area contributed by atoms with Crippen LogP contribution in [0.5, 0.6) is 0 Å². The monoisotopic (exact) mass is 294 g/mol. The minimum atomic E-state index is 0. The fourth-order valence-electron chi connectivity index (χ4n) is 0. The third kappa shape index (κ3) is 8.84. The Morgan fingerprint density at radius 3 is 1.25 bits per heavy atom. The molecular formula is H6Al2CdSn. The summed E-state index contributed by atoms with van der Waals surface area (Å²) in [7, 11) is 0. The average molecular weight is 291 g/mol. The van der Waals surface area contributed by atoms with E-state index in [1.807, 2.05) is 0 Å². The average Bonchev–Trinajstić information content (AvgIpc) is 1.00. The molecule has 4 heteroatoms. The molecule has 0 aromatic heterocycles. The smallest absolute Gasteiger partial charge is 0 e. The van der Waals surface area contributed by atoms with Gasteiger partial charge in [0, 0.05) is 27.3 Å². The van der Waals surface area contributed by atoms with E-state index in [2.05, 4.69) is 0 Å². The summed E-state index contributed by atoms with van der Waals surface area (Å²) in [5, 5.41) is 0. The summed E-state index contributed by atoms with van der Waals surface area (Å²) in [6.45, 7) is 0. The van der Waals surface area contributed by atoms with Crippen LogP contribution in [-0.2, 0) is 27.3 Å². The molecule has 2 radical (unpaired) electrons. The van der Waals surface area contributed by atoms with Gasteiger partial charge in [0.25, 0.3) is 0 Å². The summed E-state index contributed by atoms with van der Waals surface area (Å²) >= 11 is 2.92. The molecule has 0 aliphatic heterocycles. The summed E-state index contributed by atoms with van der Waals surface area (Å²) in [5.74, 6) is 0. The molecule has 0 amide bonds. The van der Waals surface area contributed by atoms with Gasteiger partial charge in [0.1, 0.15) is 0 Å². The summed E-state index contributed by atoms with van der Waals surface area (Å²) in [6.07, 6.45) is 0. The predicted molar refractivity (Wildman–Crippen MR) is 25.6 cm³/mol. The van der Waals surface area contributed by atoms with Gasteiger partial charge in [-0.1, -0.05) is 0 Å². The first-order valence-electron chi connectivity index (χ1n) is 0.577. The topological polar surface area (TPSA) is 0 Å². The predicted octanol–water partition coefficient (Wildman–Crippen LogP) is -2.75. The van der Waals surface area contributed by atoms with Crippen molar-refractivity contribution in [3.63, 3.8) is 0 Å². The van der Waals surface area contributed by atoms with E-state index < -0.39 is 0 Å². The summed E-state index contributed by atoms with van der Waals surface area (Å²) < 4.78 is 0. The van der Waals surface area contributed by atoms with E-state index in [-0.39, 0.29) is 44.7 Å². The molecule has 0 saturated heterocycles. The first kappa shape index (κ1) is 15.8. The van der Waals surface area contributed by atoms with E-state index in [0.29, 0.717) is 0 Å². The van der Waals surface area contributed by atoms with Crippen LogP contribution in [0.1, 0.15) is 0 Å². The zero-order chi connectivity index (χ0) is 2.00. The Labute approximate surface area is 76.4 Å². The van der Waals surface area contributed by atoms with Crippen LogP contribution in [0.15, 0.2) is 0 Å². The molecule has 0 aliphatic rings. The Hall–Kier alpha value is 2.79. The Morgan fingerprint density at radius 2 is 1.25 bits per heavy atom. The van der Waals surface area contributed by atoms with Gasteiger partial charge in [-0.25, -0.2) is 0 Å². The number of hydrogen-bond acceptors (Lipinski definition) is 0. The Bertz CT molecular complexity index is 6.00. The van der Waals surface area contributed by atoms with Gasteiger partial charge in [0.2, 0.25) is 0 Å². The van der Waals surface area contributed by atoms with Crippen molar-refractivity contribution in [1.29, 1.82) is 0 Å². The van der Waals surface area contributed by atoms with Gasteiger partial charge >= 0.3 is 33.2 Å². The maximum atomic E-state index is 1.49. The molecule has 0 N–H and O–H groups in total. The number of rotatable bonds is 0. The third-order valence-electron chi connectivity index (χ3n) is 0. The SMILES string of the molecule is [AlH2][SnH].[AlH3].[Cd]. The zero-order valence-corrected chi connectivity index (χ0v) is 11.6. The van der Waals surface area contributed by atoms with Gasteiger partial charge in [0.15, 0.2) is 17.4 Å². The number of hydrogen-bond donors (Lipinski definition) is 0. The van der Waals surface area contributed by atoms with Gasteiger partial charge in [0.05, 0.1) is 0 Å². The minimum absolute atomic E-state index is 0. The van der Waals surface area contributed by atoms with Crippen LogP contribution < -0.4 is 0 Å². The van der Waals surface area contributed by atoms with Crippen LogP contribution in [0, 0.1) is 0 Å². The minimum Gasteiger partial charge on any atom is 0 e. The van der Waals surface area contributed by atoms with Gasteiger partial charge in [-0.2, -0.15) is 0 Å². The van der Waals surface area contributed by atoms with Crippen molar-refractivity contribution in [2.24, 2.45) is 0 Å². The normalized spacial score (nSPS) is 1.25. The van der Waals surface area contributed by atoms with Crippen LogP contribution in [0.25, 0.3) is 0 Å². The molecule has 0 rings (SSSR count). The molecule has 0 fully saturated rings. The van der Waals surface area contributed by atoms with E-state index in [1.54, 1.807) is 0 Å². The summed E-state index contributed by atoms with van der Waals surface area (Å²) in [6, 6.07) is 0. The van der Waals surface area contributed by atoms with Crippen molar-refractivity contribution in [1.82, 2.24) is 0 Å². The van der Waals surface area contributed by atoms with Gasteiger partial charge in [-0.05, 0) is 0 Å². The van der Waals surface area contributed by atoms with Crippen molar-refractivity contribution in [2.45, 2.75) is 0 Å². The standard InChI is InChI=1S/2Al.Cd.Sn.6H. The Kier molecular flexibility index (Phi) is 67.7. The van der Waals surface area contributed by atoms with Crippen molar-refractivity contribution >= 4 is 50.6 Å². The molecule has 0 nitrogen and oxygen atoms in total. The second-order valence-corrected chi connectivity index (χ2v) is 0. The molecular weight excluding hydrogens is 285 g/mol. The van der Waals surface area contributed by atoms with Crippen molar-refractivity contribution in [3.8, 4) is 0 Å². The van der Waals surface area contributed by atoms with Crippen molar-refractivity contribution in [2.75, 3.05) is 0 Å². The van der Waals surface area contributed by atoms with Crippen LogP contribution in [0.2, 0.25) is 0 Å². The fourth-order valence-corrected chi connectivity index (χ4v) is 0. The molecule has 0 saturated carbocycles. The van der Waals surface area contributed by atoms with Crippen LogP contribution >= 0.6 is 0 Å². The Morgan fingerprint density at radius 1 is 1.25 bits per heavy atom. The van der Waals surface area contributed by atoms with Gasteiger partial charge < -0.3 is 0 Å². The van der Waals surface area contributed by atoms with Gasteiger partial charge in [-0.3, -0.25) is 0 Å². The van der Waals surface area contributed by atoms with E-state index in [4.69, 9.17) is 0 Å². The molecule has 18 valence electrons. The molecule has 0 heterocycles. The first-order valence-corrected chi connectivity index (χ1v) is 11.6. The summed E-state index contributed by atoms with van der Waals surface area (Å²) in [4.78, 5) is 0. The molecule has 0 aromatic carbocycles. The Balaban J connectivity index is -0.00000000500. The quantitative estimate of drug-likeness (QED) is 0.425. The molecule has 0 atom stereocenters. The van der Waals surface area contributed by atoms with Crippen LogP contribution in [-0.4, -0.2) is 50.6 Å². The second kappa shape index (κ2) is 17.1. The zero-order valence-electron chi connectivity index (χ0n) is 2.28. The van der Waals surface area contributed by atoms with E-state index >= 15 is 0 Å². The maximum absolute atomic E-state index is 1.49. The largest absolute Gasteiger partial charge is 0.187 e. The molecule has 0 bridgehead atoms. The van der Waals surface area contributed by atoms with E-state index in [0.717, 1.165) is 0 Å². The van der Waals surface area contributed by atoms with Crippen LogP contribution in [0.3, 0.4) is 0 Å². The third-order valence-corrected chi connectivity index (χ3v) is 0. The first-order chi connectivity index (χ1) is 1.00. The summed E-state index contributed by atoms with van der Waals surface area (Å²) in [5.41, 5.74) is 0.